The van der Waals surface area contributed by atoms with Gasteiger partial charge in [-0.25, -0.2) is 4.79 Å². The zero-order valence-corrected chi connectivity index (χ0v) is 13.2. The second-order valence-electron chi connectivity index (χ2n) is 5.20. The lowest BCUT2D eigenvalue weighted by Gasteiger charge is -2.34. The molecule has 0 saturated carbocycles. The molecule has 1 unspecified atom stereocenters. The molecule has 1 aromatic rings. The largest absolute Gasteiger partial charge is 0.468 e. The van der Waals surface area contributed by atoms with Crippen molar-refractivity contribution >= 4 is 11.7 Å². The van der Waals surface area contributed by atoms with E-state index >= 15 is 0 Å². The predicted octanol–water partition coefficient (Wildman–Crippen LogP) is 2.36. The number of methoxy groups -OCH3 is 1. The molecule has 0 aliphatic rings. The third-order valence-corrected chi connectivity index (χ3v) is 3.49. The lowest BCUT2D eigenvalue weighted by atomic mass is 10.0. The summed E-state index contributed by atoms with van der Waals surface area (Å²) in [6.45, 7) is 10.2. The van der Waals surface area contributed by atoms with Crippen LogP contribution in [0.15, 0.2) is 24.3 Å². The first-order valence-electron chi connectivity index (χ1n) is 7.12. The Morgan fingerprint density at radius 1 is 1.30 bits per heavy atom. The maximum absolute atomic E-state index is 12.0. The molecule has 1 N–H and O–H groups in total. The minimum Gasteiger partial charge on any atom is -0.468 e. The van der Waals surface area contributed by atoms with Crippen LogP contribution in [0.4, 0.5) is 5.69 Å². The number of rotatable bonds is 7. The molecule has 4 nitrogen and oxygen atoms in total. The van der Waals surface area contributed by atoms with Gasteiger partial charge < -0.3 is 15.0 Å². The number of aryl methyl sites for hydroxylation is 1. The molecule has 0 aliphatic heterocycles. The van der Waals surface area contributed by atoms with E-state index in [9.17, 15) is 4.79 Å². The summed E-state index contributed by atoms with van der Waals surface area (Å²) in [4.78, 5) is 14.2. The summed E-state index contributed by atoms with van der Waals surface area (Å²) in [6.07, 6.45) is 0. The molecule has 0 radical (unpaired) electrons. The molecule has 4 heteroatoms. The van der Waals surface area contributed by atoms with E-state index in [1.165, 1.54) is 12.7 Å². The van der Waals surface area contributed by atoms with Crippen LogP contribution in [0.5, 0.6) is 0 Å². The highest BCUT2D eigenvalue weighted by molar-refractivity contribution is 5.81. The Balaban J connectivity index is 2.94. The maximum atomic E-state index is 12.0. The zero-order chi connectivity index (χ0) is 15.2. The highest BCUT2D eigenvalue weighted by Crippen LogP contribution is 2.19. The average molecular weight is 278 g/mol. The van der Waals surface area contributed by atoms with E-state index in [-0.39, 0.29) is 5.97 Å². The van der Waals surface area contributed by atoms with Crippen molar-refractivity contribution in [2.24, 2.45) is 0 Å². The summed E-state index contributed by atoms with van der Waals surface area (Å²) in [5.41, 5.74) is 1.64. The smallest absolute Gasteiger partial charge is 0.327 e. The molecule has 0 heterocycles. The number of ether oxygens (including phenoxy) is 1. The molecule has 0 saturated heterocycles. The van der Waals surface area contributed by atoms with Gasteiger partial charge in [0.25, 0.3) is 0 Å². The summed E-state index contributed by atoms with van der Waals surface area (Å²) in [5, 5.41) is 3.24. The van der Waals surface area contributed by atoms with E-state index in [0.717, 1.165) is 18.8 Å². The van der Waals surface area contributed by atoms with Crippen molar-refractivity contribution in [3.8, 4) is 0 Å². The van der Waals surface area contributed by atoms with Crippen LogP contribution in [0.3, 0.4) is 0 Å². The minimum absolute atomic E-state index is 0.232. The van der Waals surface area contributed by atoms with Gasteiger partial charge in [-0.15, -0.1) is 0 Å². The Morgan fingerprint density at radius 3 is 2.35 bits per heavy atom. The molecule has 1 rings (SSSR count). The molecule has 0 aliphatic carbocycles. The van der Waals surface area contributed by atoms with Gasteiger partial charge in [-0.1, -0.05) is 24.6 Å². The Morgan fingerprint density at radius 2 is 1.90 bits per heavy atom. The summed E-state index contributed by atoms with van der Waals surface area (Å²) in [7, 11) is 1.43. The van der Waals surface area contributed by atoms with Crippen molar-refractivity contribution in [3.05, 3.63) is 29.8 Å². The van der Waals surface area contributed by atoms with Gasteiger partial charge in [0.15, 0.2) is 0 Å². The van der Waals surface area contributed by atoms with Crippen LogP contribution in [0.2, 0.25) is 0 Å². The zero-order valence-electron chi connectivity index (χ0n) is 13.2. The van der Waals surface area contributed by atoms with E-state index in [4.69, 9.17) is 4.74 Å². The van der Waals surface area contributed by atoms with Gasteiger partial charge in [-0.2, -0.15) is 0 Å². The molecule has 0 aromatic heterocycles. The normalized spacial score (nSPS) is 13.7. The monoisotopic (exact) mass is 278 g/mol. The van der Waals surface area contributed by atoms with Crippen molar-refractivity contribution in [1.82, 2.24) is 5.32 Å². The van der Waals surface area contributed by atoms with Crippen molar-refractivity contribution in [3.63, 3.8) is 0 Å². The summed E-state index contributed by atoms with van der Waals surface area (Å²) in [6, 6.07) is 8.34. The van der Waals surface area contributed by atoms with Crippen LogP contribution in [0.1, 0.15) is 26.3 Å². The van der Waals surface area contributed by atoms with Crippen molar-refractivity contribution in [2.75, 3.05) is 31.6 Å². The first kappa shape index (κ1) is 16.5. The number of carbonyl (C=O) groups excluding carboxylic acids is 1. The van der Waals surface area contributed by atoms with Gasteiger partial charge in [0.1, 0.15) is 5.54 Å². The van der Waals surface area contributed by atoms with Crippen molar-refractivity contribution in [1.29, 1.82) is 0 Å². The second kappa shape index (κ2) is 7.29. The number of likely N-dealkylation sites (N-methyl/N-ethyl adjacent to an activating group) is 2. The summed E-state index contributed by atoms with van der Waals surface area (Å²) >= 11 is 0. The summed E-state index contributed by atoms with van der Waals surface area (Å²) in [5.74, 6) is -0.232. The highest BCUT2D eigenvalue weighted by Gasteiger charge is 2.35. The fourth-order valence-electron chi connectivity index (χ4n) is 2.33. The highest BCUT2D eigenvalue weighted by atomic mass is 16.5. The molecule has 1 atom stereocenters. The van der Waals surface area contributed by atoms with Crippen LogP contribution in [-0.2, 0) is 9.53 Å². The molecule has 0 spiro atoms. The topological polar surface area (TPSA) is 41.6 Å². The lowest BCUT2D eigenvalue weighted by molar-refractivity contribution is -0.147. The second-order valence-corrected chi connectivity index (χ2v) is 5.20. The van der Waals surface area contributed by atoms with Crippen LogP contribution in [0, 0.1) is 6.92 Å². The number of hydrogen-bond donors (Lipinski definition) is 1. The Labute approximate surface area is 122 Å². The number of benzene rings is 1. The fraction of sp³-hybridized carbons (Fsp3) is 0.562. The number of nitrogens with zero attached hydrogens (tertiary/aromatic N) is 1. The molecular formula is C16H26N2O2. The SMILES string of the molecule is CCNC(C)(CN(CC)c1ccc(C)cc1)C(=O)OC. The third kappa shape index (κ3) is 3.97. The number of esters is 1. The third-order valence-electron chi connectivity index (χ3n) is 3.49. The Kier molecular flexibility index (Phi) is 6.02. The van der Waals surface area contributed by atoms with Gasteiger partial charge in [0.05, 0.1) is 7.11 Å². The van der Waals surface area contributed by atoms with E-state index in [1.807, 2.05) is 13.8 Å². The number of anilines is 1. The molecule has 112 valence electrons. The van der Waals surface area contributed by atoms with Gasteiger partial charge in [0, 0.05) is 18.8 Å². The van der Waals surface area contributed by atoms with Gasteiger partial charge in [-0.05, 0) is 39.4 Å². The van der Waals surface area contributed by atoms with Crippen LogP contribution in [-0.4, -0.2) is 38.3 Å². The standard InChI is InChI=1S/C16H26N2O2/c1-6-17-16(4,15(19)20-5)12-18(7-2)14-10-8-13(3)9-11-14/h8-11,17H,6-7,12H2,1-5H3. The van der Waals surface area contributed by atoms with Crippen LogP contribution < -0.4 is 10.2 Å². The maximum Gasteiger partial charge on any atom is 0.327 e. The average Bonchev–Trinajstić information content (AvgIpc) is 2.45. The van der Waals surface area contributed by atoms with E-state index in [1.54, 1.807) is 0 Å². The first-order chi connectivity index (χ1) is 9.46. The molecular weight excluding hydrogens is 252 g/mol. The quantitative estimate of drug-likeness (QED) is 0.778. The molecule has 0 amide bonds. The molecule has 20 heavy (non-hydrogen) atoms. The predicted molar refractivity (Wildman–Crippen MR) is 83.2 cm³/mol. The lowest BCUT2D eigenvalue weighted by Crippen LogP contribution is -2.57. The van der Waals surface area contributed by atoms with Crippen LogP contribution >= 0.6 is 0 Å². The Bertz CT molecular complexity index is 431. The molecule has 0 fully saturated rings. The van der Waals surface area contributed by atoms with Crippen molar-refractivity contribution < 1.29 is 9.53 Å². The molecule has 0 bridgehead atoms. The van der Waals surface area contributed by atoms with E-state index in [2.05, 4.69) is 48.3 Å². The fourth-order valence-corrected chi connectivity index (χ4v) is 2.33. The minimum atomic E-state index is -0.704. The van der Waals surface area contributed by atoms with Gasteiger partial charge in [-0.3, -0.25) is 0 Å². The Hall–Kier alpha value is -1.55. The van der Waals surface area contributed by atoms with E-state index < -0.39 is 5.54 Å². The number of nitrogens with one attached hydrogen (secondary N) is 1. The molecule has 1 aromatic carbocycles. The van der Waals surface area contributed by atoms with E-state index in [0.29, 0.717) is 6.54 Å². The number of hydrogen-bond acceptors (Lipinski definition) is 4. The van der Waals surface area contributed by atoms with Gasteiger partial charge >= 0.3 is 5.97 Å². The van der Waals surface area contributed by atoms with Crippen LogP contribution in [0.25, 0.3) is 0 Å². The van der Waals surface area contributed by atoms with Crippen molar-refractivity contribution in [2.45, 2.75) is 33.2 Å². The summed E-state index contributed by atoms with van der Waals surface area (Å²) < 4.78 is 4.94. The van der Waals surface area contributed by atoms with Gasteiger partial charge in [0.2, 0.25) is 0 Å². The number of carbonyl (C=O) groups is 1. The first-order valence-corrected chi connectivity index (χ1v) is 7.12.